The maximum Gasteiger partial charge on any atom is 0.328 e. The van der Waals surface area contributed by atoms with E-state index in [1.54, 1.807) is 0 Å². The topological polar surface area (TPSA) is 98.2 Å². The van der Waals surface area contributed by atoms with Crippen molar-refractivity contribution in [3.05, 3.63) is 27.0 Å². The Balaban J connectivity index is 2.11. The van der Waals surface area contributed by atoms with E-state index in [0.717, 1.165) is 36.6 Å². The van der Waals surface area contributed by atoms with Crippen LogP contribution in [0.3, 0.4) is 0 Å². The summed E-state index contributed by atoms with van der Waals surface area (Å²) in [7, 11) is 0.973. The van der Waals surface area contributed by atoms with Crippen LogP contribution in [-0.4, -0.2) is 30.7 Å². The molecule has 1 aromatic rings. The lowest BCUT2D eigenvalue weighted by Gasteiger charge is -2.10. The summed E-state index contributed by atoms with van der Waals surface area (Å²) in [5.74, 6) is 0. The fourth-order valence-corrected chi connectivity index (χ4v) is 3.05. The molecule has 1 atom stereocenters. The summed E-state index contributed by atoms with van der Waals surface area (Å²) in [5.41, 5.74) is -1.65. The van der Waals surface area contributed by atoms with Gasteiger partial charge < -0.3 is 4.74 Å². The maximum atomic E-state index is 11.6. The third kappa shape index (κ3) is 3.71. The van der Waals surface area contributed by atoms with Crippen LogP contribution >= 0.6 is 10.7 Å². The highest BCUT2D eigenvalue weighted by atomic mass is 35.7. The Morgan fingerprint density at radius 3 is 2.80 bits per heavy atom. The molecule has 0 aromatic carbocycles. The van der Waals surface area contributed by atoms with Gasteiger partial charge in [0.1, 0.15) is 0 Å². The molecule has 0 bridgehead atoms. The Morgan fingerprint density at radius 2 is 2.20 bits per heavy atom. The molecule has 1 aliphatic rings. The lowest BCUT2D eigenvalue weighted by molar-refractivity contribution is 0.101. The molecule has 1 fully saturated rings. The quantitative estimate of drug-likeness (QED) is 0.792. The van der Waals surface area contributed by atoms with Crippen LogP contribution in [0.2, 0.25) is 0 Å². The zero-order chi connectivity index (χ0) is 14.8. The number of hydrogen-bond donors (Lipinski definition) is 1. The van der Waals surface area contributed by atoms with Crippen molar-refractivity contribution < 1.29 is 13.2 Å². The van der Waals surface area contributed by atoms with Gasteiger partial charge in [0, 0.05) is 30.0 Å². The highest BCUT2D eigenvalue weighted by Gasteiger charge is 2.18. The van der Waals surface area contributed by atoms with Crippen molar-refractivity contribution in [3.8, 4) is 0 Å². The SMILES string of the molecule is O=c1[nH]c(=O)n(CCCC2CCCO2)cc1S(=O)(=O)Cl. The molecule has 112 valence electrons. The maximum absolute atomic E-state index is 11.6. The van der Waals surface area contributed by atoms with Crippen LogP contribution in [0.5, 0.6) is 0 Å². The van der Waals surface area contributed by atoms with Crippen molar-refractivity contribution in [3.63, 3.8) is 0 Å². The second-order valence-electron chi connectivity index (χ2n) is 4.66. The molecule has 0 spiro atoms. The molecule has 1 aromatic heterocycles. The van der Waals surface area contributed by atoms with Crippen molar-refractivity contribution >= 4 is 19.7 Å². The molecule has 7 nitrogen and oxygen atoms in total. The van der Waals surface area contributed by atoms with E-state index in [-0.39, 0.29) is 6.10 Å². The minimum absolute atomic E-state index is 0.199. The summed E-state index contributed by atoms with van der Waals surface area (Å²) >= 11 is 0. The first-order chi connectivity index (χ1) is 9.38. The molecular weight excluding hydrogens is 308 g/mol. The predicted octanol–water partition coefficient (Wildman–Crippen LogP) is 0.423. The number of aryl methyl sites for hydroxylation is 1. The second-order valence-corrected chi connectivity index (χ2v) is 7.20. The normalized spacial score (nSPS) is 19.4. The molecular formula is C11H15ClN2O5S. The summed E-state index contributed by atoms with van der Waals surface area (Å²) in [6.45, 7) is 1.06. The fourth-order valence-electron chi connectivity index (χ4n) is 2.19. The van der Waals surface area contributed by atoms with Crippen LogP contribution in [-0.2, 0) is 20.3 Å². The molecule has 1 unspecified atom stereocenters. The Hall–Kier alpha value is -1.12. The summed E-state index contributed by atoms with van der Waals surface area (Å²) in [4.78, 5) is 24.3. The number of aromatic amines is 1. The zero-order valence-electron chi connectivity index (χ0n) is 10.7. The van der Waals surface area contributed by atoms with Gasteiger partial charge in [-0.25, -0.2) is 13.2 Å². The number of halogens is 1. The monoisotopic (exact) mass is 322 g/mol. The van der Waals surface area contributed by atoms with Gasteiger partial charge in [-0.3, -0.25) is 14.3 Å². The van der Waals surface area contributed by atoms with E-state index in [1.165, 1.54) is 0 Å². The molecule has 0 amide bonds. The highest BCUT2D eigenvalue weighted by molar-refractivity contribution is 8.13. The van der Waals surface area contributed by atoms with Gasteiger partial charge in [-0.15, -0.1) is 0 Å². The molecule has 0 radical (unpaired) electrons. The largest absolute Gasteiger partial charge is 0.378 e. The molecule has 1 N–H and O–H groups in total. The van der Waals surface area contributed by atoms with Crippen molar-refractivity contribution in [1.29, 1.82) is 0 Å². The minimum atomic E-state index is -4.17. The van der Waals surface area contributed by atoms with E-state index in [2.05, 4.69) is 0 Å². The van der Waals surface area contributed by atoms with Crippen LogP contribution < -0.4 is 11.2 Å². The number of nitrogens with one attached hydrogen (secondary N) is 1. The first-order valence-electron chi connectivity index (χ1n) is 6.28. The number of rotatable bonds is 5. The third-order valence-corrected chi connectivity index (χ3v) is 4.50. The van der Waals surface area contributed by atoms with E-state index in [0.29, 0.717) is 13.0 Å². The number of hydrogen-bond acceptors (Lipinski definition) is 5. The second kappa shape index (κ2) is 6.11. The molecule has 2 heterocycles. The van der Waals surface area contributed by atoms with Crippen LogP contribution in [0.25, 0.3) is 0 Å². The standard InChI is InChI=1S/C11H15ClN2O5S/c12-20(17,18)9-7-14(11(16)13-10(9)15)5-1-3-8-4-2-6-19-8/h7-8H,1-6H2,(H,13,15,16). The van der Waals surface area contributed by atoms with Gasteiger partial charge in [-0.1, -0.05) is 0 Å². The van der Waals surface area contributed by atoms with Crippen molar-refractivity contribution in [2.75, 3.05) is 6.61 Å². The predicted molar refractivity (Wildman–Crippen MR) is 72.6 cm³/mol. The Labute approximate surface area is 119 Å². The molecule has 0 saturated carbocycles. The lowest BCUT2D eigenvalue weighted by atomic mass is 10.1. The Morgan fingerprint density at radius 1 is 1.45 bits per heavy atom. The molecule has 9 heteroatoms. The summed E-state index contributed by atoms with van der Waals surface area (Å²) in [5, 5.41) is 0. The Kier molecular flexibility index (Phi) is 4.66. The first-order valence-corrected chi connectivity index (χ1v) is 8.59. The highest BCUT2D eigenvalue weighted by Crippen LogP contribution is 2.17. The number of H-pyrrole nitrogens is 1. The van der Waals surface area contributed by atoms with Crippen LogP contribution in [0, 0.1) is 0 Å². The minimum Gasteiger partial charge on any atom is -0.378 e. The number of aromatic nitrogens is 2. The van der Waals surface area contributed by atoms with E-state index in [1.807, 2.05) is 4.98 Å². The lowest BCUT2D eigenvalue weighted by Crippen LogP contribution is -2.32. The van der Waals surface area contributed by atoms with Gasteiger partial charge in [0.2, 0.25) is 0 Å². The van der Waals surface area contributed by atoms with E-state index < -0.39 is 25.2 Å². The van der Waals surface area contributed by atoms with Gasteiger partial charge in [0.15, 0.2) is 4.90 Å². The molecule has 20 heavy (non-hydrogen) atoms. The van der Waals surface area contributed by atoms with Crippen LogP contribution in [0.1, 0.15) is 25.7 Å². The van der Waals surface area contributed by atoms with Gasteiger partial charge in [0.25, 0.3) is 14.6 Å². The number of nitrogens with zero attached hydrogens (tertiary/aromatic N) is 1. The van der Waals surface area contributed by atoms with Crippen molar-refractivity contribution in [2.45, 2.75) is 43.2 Å². The average molecular weight is 323 g/mol. The smallest absolute Gasteiger partial charge is 0.328 e. The first kappa shape index (κ1) is 15.3. The summed E-state index contributed by atoms with van der Waals surface area (Å²) in [6.07, 6.45) is 4.66. The van der Waals surface area contributed by atoms with E-state index >= 15 is 0 Å². The van der Waals surface area contributed by atoms with Crippen LogP contribution in [0.15, 0.2) is 20.7 Å². The molecule has 1 saturated heterocycles. The van der Waals surface area contributed by atoms with E-state index in [9.17, 15) is 18.0 Å². The third-order valence-electron chi connectivity index (χ3n) is 3.19. The van der Waals surface area contributed by atoms with Gasteiger partial charge in [0.05, 0.1) is 6.10 Å². The summed E-state index contributed by atoms with van der Waals surface area (Å²) < 4.78 is 29.0. The average Bonchev–Trinajstić information content (AvgIpc) is 2.83. The zero-order valence-corrected chi connectivity index (χ0v) is 12.2. The van der Waals surface area contributed by atoms with Crippen molar-refractivity contribution in [2.24, 2.45) is 0 Å². The Bertz CT molecular complexity index is 688. The van der Waals surface area contributed by atoms with Gasteiger partial charge in [-0.2, -0.15) is 0 Å². The van der Waals surface area contributed by atoms with E-state index in [4.69, 9.17) is 15.4 Å². The molecule has 0 aliphatic carbocycles. The van der Waals surface area contributed by atoms with Gasteiger partial charge >= 0.3 is 5.69 Å². The number of ether oxygens (including phenoxy) is 1. The fraction of sp³-hybridized carbons (Fsp3) is 0.636. The molecule has 2 rings (SSSR count). The van der Waals surface area contributed by atoms with Crippen LogP contribution in [0.4, 0.5) is 0 Å². The van der Waals surface area contributed by atoms with Gasteiger partial charge in [-0.05, 0) is 25.7 Å². The summed E-state index contributed by atoms with van der Waals surface area (Å²) in [6, 6.07) is 0. The van der Waals surface area contributed by atoms with Crippen molar-refractivity contribution in [1.82, 2.24) is 9.55 Å². The molecule has 1 aliphatic heterocycles.